The molecular formula is C24H38N2O2. The van der Waals surface area contributed by atoms with E-state index in [9.17, 15) is 5.11 Å². The molecule has 4 heteroatoms. The number of hydrogen-bond donors (Lipinski definition) is 1. The Balaban J connectivity index is 2.05. The highest BCUT2D eigenvalue weighted by atomic mass is 16.5. The summed E-state index contributed by atoms with van der Waals surface area (Å²) in [5.74, 6) is 0. The van der Waals surface area contributed by atoms with Crippen molar-refractivity contribution >= 4 is 0 Å². The van der Waals surface area contributed by atoms with Crippen LogP contribution in [0.25, 0.3) is 0 Å². The number of methoxy groups -OCH3 is 1. The van der Waals surface area contributed by atoms with Gasteiger partial charge in [0.1, 0.15) is 0 Å². The van der Waals surface area contributed by atoms with Crippen LogP contribution in [0.5, 0.6) is 0 Å². The van der Waals surface area contributed by atoms with Gasteiger partial charge in [-0.2, -0.15) is 0 Å². The summed E-state index contributed by atoms with van der Waals surface area (Å²) in [6, 6.07) is 13.3. The molecule has 0 aliphatic rings. The first-order valence-electron chi connectivity index (χ1n) is 10.5. The summed E-state index contributed by atoms with van der Waals surface area (Å²) >= 11 is 0. The lowest BCUT2D eigenvalue weighted by atomic mass is 9.87. The highest BCUT2D eigenvalue weighted by Gasteiger charge is 2.15. The zero-order valence-electron chi connectivity index (χ0n) is 18.3. The Morgan fingerprint density at radius 1 is 1.14 bits per heavy atom. The Hall–Kier alpha value is -1.62. The molecule has 0 saturated heterocycles. The predicted molar refractivity (Wildman–Crippen MR) is 117 cm³/mol. The summed E-state index contributed by atoms with van der Waals surface area (Å²) in [7, 11) is 1.74. The van der Waals surface area contributed by atoms with Crippen LogP contribution in [0.2, 0.25) is 0 Å². The number of aliphatic hydroxyl groups is 1. The predicted octanol–water partition coefficient (Wildman–Crippen LogP) is 4.44. The fourth-order valence-corrected chi connectivity index (χ4v) is 3.38. The van der Waals surface area contributed by atoms with Gasteiger partial charge in [0, 0.05) is 51.8 Å². The van der Waals surface area contributed by atoms with E-state index in [4.69, 9.17) is 4.74 Å². The van der Waals surface area contributed by atoms with Crippen LogP contribution in [0.15, 0.2) is 42.6 Å². The zero-order chi connectivity index (χ0) is 20.6. The molecule has 0 radical (unpaired) electrons. The third kappa shape index (κ3) is 7.08. The van der Waals surface area contributed by atoms with Crippen LogP contribution in [0.1, 0.15) is 57.4 Å². The van der Waals surface area contributed by atoms with Crippen LogP contribution in [0.4, 0.5) is 0 Å². The molecule has 0 fully saturated rings. The standard InChI is InChI=1S/C24H38N2O2/c1-6-23(27)19-25(14-8-16-28-5)18-22-9-7-15-26(22)17-20-10-12-21(13-11-20)24(2,3)4/h7,9-13,15,23,27H,6,8,14,16-19H2,1-5H3/t23-/m0/s1. The van der Waals surface area contributed by atoms with Gasteiger partial charge in [0.05, 0.1) is 6.10 Å². The average Bonchev–Trinajstić information content (AvgIpc) is 3.08. The Bertz CT molecular complexity index is 685. The summed E-state index contributed by atoms with van der Waals surface area (Å²) < 4.78 is 7.51. The second-order valence-electron chi connectivity index (χ2n) is 8.72. The third-order valence-corrected chi connectivity index (χ3v) is 5.25. The Kier molecular flexibility index (Phi) is 8.74. The van der Waals surface area contributed by atoms with E-state index in [2.05, 4.69) is 72.8 Å². The van der Waals surface area contributed by atoms with Gasteiger partial charge < -0.3 is 14.4 Å². The van der Waals surface area contributed by atoms with Gasteiger partial charge in [-0.15, -0.1) is 0 Å². The number of rotatable bonds is 11. The normalized spacial score (nSPS) is 13.2. The maximum atomic E-state index is 10.1. The molecular weight excluding hydrogens is 348 g/mol. The molecule has 0 unspecified atom stereocenters. The van der Waals surface area contributed by atoms with E-state index in [1.165, 1.54) is 16.8 Å². The summed E-state index contributed by atoms with van der Waals surface area (Å²) in [5.41, 5.74) is 4.13. The van der Waals surface area contributed by atoms with Gasteiger partial charge in [-0.1, -0.05) is 52.0 Å². The highest BCUT2D eigenvalue weighted by molar-refractivity contribution is 5.28. The first-order valence-corrected chi connectivity index (χ1v) is 10.5. The SMILES string of the molecule is CC[C@H](O)CN(CCCOC)Cc1cccn1Cc1ccc(C(C)(C)C)cc1. The van der Waals surface area contributed by atoms with Crippen molar-refractivity contribution < 1.29 is 9.84 Å². The van der Waals surface area contributed by atoms with Crippen LogP contribution in [0, 0.1) is 0 Å². The van der Waals surface area contributed by atoms with Crippen molar-refractivity contribution in [3.05, 3.63) is 59.4 Å². The Morgan fingerprint density at radius 2 is 1.86 bits per heavy atom. The molecule has 0 spiro atoms. The number of hydrogen-bond acceptors (Lipinski definition) is 3. The lowest BCUT2D eigenvalue weighted by Gasteiger charge is -2.25. The molecule has 1 heterocycles. The first-order chi connectivity index (χ1) is 13.3. The quantitative estimate of drug-likeness (QED) is 0.580. The minimum atomic E-state index is -0.282. The monoisotopic (exact) mass is 386 g/mol. The van der Waals surface area contributed by atoms with Crippen molar-refractivity contribution in [2.24, 2.45) is 0 Å². The van der Waals surface area contributed by atoms with Gasteiger partial charge >= 0.3 is 0 Å². The van der Waals surface area contributed by atoms with E-state index in [1.54, 1.807) is 7.11 Å². The van der Waals surface area contributed by atoms with E-state index in [0.29, 0.717) is 6.54 Å². The molecule has 1 aromatic heterocycles. The third-order valence-electron chi connectivity index (χ3n) is 5.25. The van der Waals surface area contributed by atoms with Crippen molar-refractivity contribution in [3.63, 3.8) is 0 Å². The second-order valence-corrected chi connectivity index (χ2v) is 8.72. The number of aromatic nitrogens is 1. The van der Waals surface area contributed by atoms with E-state index in [1.807, 2.05) is 6.92 Å². The lowest BCUT2D eigenvalue weighted by Crippen LogP contribution is -2.33. The molecule has 28 heavy (non-hydrogen) atoms. The largest absolute Gasteiger partial charge is 0.392 e. The topological polar surface area (TPSA) is 37.6 Å². The lowest BCUT2D eigenvalue weighted by molar-refractivity contribution is 0.0956. The van der Waals surface area contributed by atoms with Crippen molar-refractivity contribution in [3.8, 4) is 0 Å². The van der Waals surface area contributed by atoms with Gasteiger partial charge in [-0.05, 0) is 41.5 Å². The Labute approximate surface area is 171 Å². The first kappa shape index (κ1) is 22.7. The fourth-order valence-electron chi connectivity index (χ4n) is 3.38. The molecule has 0 aliphatic heterocycles. The number of aliphatic hydroxyl groups excluding tert-OH is 1. The molecule has 2 aromatic rings. The molecule has 0 saturated carbocycles. The molecule has 4 nitrogen and oxygen atoms in total. The average molecular weight is 387 g/mol. The molecule has 1 N–H and O–H groups in total. The van der Waals surface area contributed by atoms with Crippen LogP contribution in [0.3, 0.4) is 0 Å². The number of benzene rings is 1. The minimum Gasteiger partial charge on any atom is -0.392 e. The van der Waals surface area contributed by atoms with Gasteiger partial charge in [0.2, 0.25) is 0 Å². The van der Waals surface area contributed by atoms with Crippen LogP contribution < -0.4 is 0 Å². The number of nitrogens with zero attached hydrogens (tertiary/aromatic N) is 2. The molecule has 1 aromatic carbocycles. The molecule has 0 bridgehead atoms. The second kappa shape index (κ2) is 10.8. The molecule has 0 aliphatic carbocycles. The molecule has 1 atom stereocenters. The van der Waals surface area contributed by atoms with E-state index < -0.39 is 0 Å². The summed E-state index contributed by atoms with van der Waals surface area (Å²) in [6.45, 7) is 12.9. The maximum Gasteiger partial charge on any atom is 0.0664 e. The van der Waals surface area contributed by atoms with Gasteiger partial charge in [-0.25, -0.2) is 0 Å². The number of ether oxygens (including phenoxy) is 1. The van der Waals surface area contributed by atoms with E-state index >= 15 is 0 Å². The summed E-state index contributed by atoms with van der Waals surface area (Å²) in [4.78, 5) is 2.34. The summed E-state index contributed by atoms with van der Waals surface area (Å²) in [6.07, 6.45) is 3.62. The van der Waals surface area contributed by atoms with Crippen molar-refractivity contribution in [2.75, 3.05) is 26.8 Å². The van der Waals surface area contributed by atoms with E-state index in [0.717, 1.165) is 39.1 Å². The van der Waals surface area contributed by atoms with Crippen molar-refractivity contribution in [1.82, 2.24) is 9.47 Å². The van der Waals surface area contributed by atoms with Gasteiger partial charge in [0.25, 0.3) is 0 Å². The van der Waals surface area contributed by atoms with E-state index in [-0.39, 0.29) is 11.5 Å². The smallest absolute Gasteiger partial charge is 0.0664 e. The van der Waals surface area contributed by atoms with Crippen molar-refractivity contribution in [2.45, 2.75) is 65.1 Å². The molecule has 156 valence electrons. The summed E-state index contributed by atoms with van der Waals surface area (Å²) in [5, 5.41) is 10.1. The fraction of sp³-hybridized carbons (Fsp3) is 0.583. The van der Waals surface area contributed by atoms with Crippen molar-refractivity contribution in [1.29, 1.82) is 0 Å². The minimum absolute atomic E-state index is 0.181. The maximum absolute atomic E-state index is 10.1. The Morgan fingerprint density at radius 3 is 2.46 bits per heavy atom. The van der Waals surface area contributed by atoms with Crippen LogP contribution >= 0.6 is 0 Å². The van der Waals surface area contributed by atoms with Gasteiger partial charge in [-0.3, -0.25) is 4.90 Å². The molecule has 0 amide bonds. The van der Waals surface area contributed by atoms with Crippen LogP contribution in [-0.4, -0.2) is 47.5 Å². The van der Waals surface area contributed by atoms with Crippen LogP contribution in [-0.2, 0) is 23.2 Å². The zero-order valence-corrected chi connectivity index (χ0v) is 18.3. The molecule has 2 rings (SSSR count). The van der Waals surface area contributed by atoms with Gasteiger partial charge in [0.15, 0.2) is 0 Å². The highest BCUT2D eigenvalue weighted by Crippen LogP contribution is 2.22.